The third-order valence-electron chi connectivity index (χ3n) is 7.44. The lowest BCUT2D eigenvalue weighted by molar-refractivity contribution is 0.102. The van der Waals surface area contributed by atoms with Crippen LogP contribution in [0.2, 0.25) is 5.02 Å². The predicted octanol–water partition coefficient (Wildman–Crippen LogP) is 5.68. The van der Waals surface area contributed by atoms with E-state index in [1.54, 1.807) is 24.4 Å². The highest BCUT2D eigenvalue weighted by Crippen LogP contribution is 2.37. The lowest BCUT2D eigenvalue weighted by Crippen LogP contribution is -2.33. The number of hydrogen-bond donors (Lipinski definition) is 2. The van der Waals surface area contributed by atoms with E-state index in [1.165, 1.54) is 31.2 Å². The molecule has 2 aromatic carbocycles. The van der Waals surface area contributed by atoms with Gasteiger partial charge in [0.05, 0.1) is 21.7 Å². The number of carbonyl (C=O) groups is 1. The minimum absolute atomic E-state index is 0.207. The molecule has 2 N–H and O–H groups in total. The second-order valence-electron chi connectivity index (χ2n) is 10.1. The molecule has 5 rings (SSSR count). The van der Waals surface area contributed by atoms with E-state index < -0.39 is 5.91 Å². The van der Waals surface area contributed by atoms with E-state index in [0.717, 1.165) is 36.3 Å². The Labute approximate surface area is 232 Å². The van der Waals surface area contributed by atoms with Crippen LogP contribution in [0.1, 0.15) is 46.3 Å². The maximum Gasteiger partial charge on any atom is 0.260 e. The van der Waals surface area contributed by atoms with Crippen LogP contribution >= 0.6 is 11.6 Å². The predicted molar refractivity (Wildman–Crippen MR) is 155 cm³/mol. The Kier molecular flexibility index (Phi) is 7.95. The quantitative estimate of drug-likeness (QED) is 0.310. The number of rotatable bonds is 7. The maximum atomic E-state index is 13.5. The van der Waals surface area contributed by atoms with Crippen molar-refractivity contribution in [3.8, 4) is 16.9 Å². The Morgan fingerprint density at radius 2 is 1.85 bits per heavy atom. The van der Waals surface area contributed by atoms with Crippen molar-refractivity contribution in [3.63, 3.8) is 0 Å². The van der Waals surface area contributed by atoms with Gasteiger partial charge in [-0.15, -0.1) is 0 Å². The first kappa shape index (κ1) is 26.8. The topological polar surface area (TPSA) is 100 Å². The van der Waals surface area contributed by atoms with Crippen molar-refractivity contribution in [2.45, 2.75) is 40.0 Å². The molecule has 0 bridgehead atoms. The Bertz CT molecular complexity index is 1560. The highest BCUT2D eigenvalue weighted by atomic mass is 35.5. The van der Waals surface area contributed by atoms with E-state index in [-0.39, 0.29) is 16.1 Å². The molecule has 1 saturated heterocycles. The highest BCUT2D eigenvalue weighted by molar-refractivity contribution is 6.35. The summed E-state index contributed by atoms with van der Waals surface area (Å²) >= 11 is 6.53. The van der Waals surface area contributed by atoms with Gasteiger partial charge in [0.25, 0.3) is 11.5 Å². The molecule has 0 radical (unpaired) electrons. The summed E-state index contributed by atoms with van der Waals surface area (Å²) in [4.78, 5) is 40.0. The Hall–Kier alpha value is -3.75. The van der Waals surface area contributed by atoms with Gasteiger partial charge in [-0.05, 0) is 87.2 Å². The summed E-state index contributed by atoms with van der Waals surface area (Å²) in [6, 6.07) is 8.89. The zero-order valence-electron chi connectivity index (χ0n) is 22.4. The minimum atomic E-state index is -0.422. The maximum absolute atomic E-state index is 13.5. The number of carbonyl (C=O) groups excluding carboxylic acids is 1. The lowest BCUT2D eigenvalue weighted by Gasteiger charge is -2.26. The van der Waals surface area contributed by atoms with Crippen LogP contribution in [0.25, 0.3) is 22.0 Å². The van der Waals surface area contributed by atoms with Gasteiger partial charge in [0.15, 0.2) is 0 Å². The highest BCUT2D eigenvalue weighted by Gasteiger charge is 2.21. The summed E-state index contributed by atoms with van der Waals surface area (Å²) in [6.45, 7) is 9.41. The van der Waals surface area contributed by atoms with Crippen molar-refractivity contribution >= 4 is 34.2 Å². The molecule has 0 unspecified atom stereocenters. The van der Waals surface area contributed by atoms with Crippen LogP contribution < -0.4 is 15.6 Å². The second-order valence-corrected chi connectivity index (χ2v) is 10.5. The number of pyridine rings is 1. The average molecular weight is 546 g/mol. The van der Waals surface area contributed by atoms with Crippen LogP contribution in [0.4, 0.5) is 5.82 Å². The number of piperidine rings is 1. The first-order valence-corrected chi connectivity index (χ1v) is 13.6. The van der Waals surface area contributed by atoms with Crippen LogP contribution in [0.5, 0.6) is 5.75 Å². The molecule has 0 spiro atoms. The van der Waals surface area contributed by atoms with E-state index in [9.17, 15) is 9.59 Å². The summed E-state index contributed by atoms with van der Waals surface area (Å²) in [6.07, 6.45) is 6.53. The van der Waals surface area contributed by atoms with Crippen LogP contribution in [0.3, 0.4) is 0 Å². The number of likely N-dealkylation sites (tertiary alicyclic amines) is 1. The molecule has 4 aromatic rings. The summed E-state index contributed by atoms with van der Waals surface area (Å²) in [5.74, 6) is 0.382. The van der Waals surface area contributed by atoms with Gasteiger partial charge in [-0.25, -0.2) is 9.97 Å². The standard InChI is InChI=1S/C30H32ClN5O3/c1-18-13-21(14-19(2)20(18)3)27-28(39-12-11-36-9-5-4-6-10-36)23-15-22(24(31)16-25(23)34-30(27)38)29(37)35-26-7-8-32-17-33-26/h7-8,13-17H,4-6,9-12H2,1-3H3,(H,34,38)(H,32,33,35,37). The molecular formula is C30H32ClN5O3. The number of aryl methyl sites for hydroxylation is 2. The van der Waals surface area contributed by atoms with Gasteiger partial charge in [0, 0.05) is 18.1 Å². The number of halogens is 1. The number of hydrogen-bond acceptors (Lipinski definition) is 6. The smallest absolute Gasteiger partial charge is 0.260 e. The lowest BCUT2D eigenvalue weighted by atomic mass is 9.95. The fourth-order valence-corrected chi connectivity index (χ4v) is 5.31. The van der Waals surface area contributed by atoms with Crippen molar-refractivity contribution in [3.05, 3.63) is 80.5 Å². The molecule has 202 valence electrons. The molecule has 8 nitrogen and oxygen atoms in total. The van der Waals surface area contributed by atoms with E-state index in [2.05, 4.69) is 32.1 Å². The zero-order valence-corrected chi connectivity index (χ0v) is 23.2. The monoisotopic (exact) mass is 545 g/mol. The first-order chi connectivity index (χ1) is 18.8. The van der Waals surface area contributed by atoms with Crippen LogP contribution in [-0.4, -0.2) is 52.0 Å². The first-order valence-electron chi connectivity index (χ1n) is 13.2. The molecule has 1 amide bonds. The van der Waals surface area contributed by atoms with Crippen LogP contribution in [-0.2, 0) is 0 Å². The number of nitrogens with one attached hydrogen (secondary N) is 2. The zero-order chi connectivity index (χ0) is 27.5. The average Bonchev–Trinajstić information content (AvgIpc) is 2.92. The Morgan fingerprint density at radius 1 is 1.10 bits per heavy atom. The number of ether oxygens (including phenoxy) is 1. The van der Waals surface area contributed by atoms with Gasteiger partial charge in [0.2, 0.25) is 0 Å². The molecule has 1 aliphatic heterocycles. The fourth-order valence-electron chi connectivity index (χ4n) is 5.06. The van der Waals surface area contributed by atoms with E-state index in [1.807, 2.05) is 26.0 Å². The number of benzene rings is 2. The number of aromatic nitrogens is 3. The molecule has 3 heterocycles. The number of nitrogens with zero attached hydrogens (tertiary/aromatic N) is 3. The molecule has 0 aliphatic carbocycles. The van der Waals surface area contributed by atoms with Crippen molar-refractivity contribution in [1.29, 1.82) is 0 Å². The third-order valence-corrected chi connectivity index (χ3v) is 7.75. The van der Waals surface area contributed by atoms with E-state index >= 15 is 0 Å². The van der Waals surface area contributed by atoms with Gasteiger partial charge >= 0.3 is 0 Å². The van der Waals surface area contributed by atoms with Crippen molar-refractivity contribution in [2.24, 2.45) is 0 Å². The third kappa shape index (κ3) is 5.82. The normalized spacial score (nSPS) is 13.9. The van der Waals surface area contributed by atoms with Gasteiger partial charge in [-0.3, -0.25) is 14.5 Å². The Morgan fingerprint density at radius 3 is 2.54 bits per heavy atom. The van der Waals surface area contributed by atoms with Gasteiger partial charge in [-0.2, -0.15) is 0 Å². The number of H-pyrrole nitrogens is 1. The molecule has 9 heteroatoms. The van der Waals surface area contributed by atoms with Crippen LogP contribution in [0, 0.1) is 20.8 Å². The van der Waals surface area contributed by atoms with Gasteiger partial charge in [-0.1, -0.05) is 30.2 Å². The number of amides is 1. The van der Waals surface area contributed by atoms with Crippen molar-refractivity contribution in [2.75, 3.05) is 31.6 Å². The molecule has 0 atom stereocenters. The van der Waals surface area contributed by atoms with Crippen LogP contribution in [0.15, 0.2) is 47.7 Å². The second kappa shape index (κ2) is 11.6. The molecule has 2 aromatic heterocycles. The minimum Gasteiger partial charge on any atom is -0.491 e. The Balaban J connectivity index is 1.61. The number of aromatic amines is 1. The SMILES string of the molecule is Cc1cc(-c2c(OCCN3CCCCC3)c3cc(C(=O)Nc4ccncn4)c(Cl)cc3[nH]c2=O)cc(C)c1C. The summed E-state index contributed by atoms with van der Waals surface area (Å²) in [5, 5.41) is 3.57. The fraction of sp³-hybridized carbons (Fsp3) is 0.333. The van der Waals surface area contributed by atoms with Gasteiger partial charge < -0.3 is 15.0 Å². The molecule has 1 aliphatic rings. The molecule has 39 heavy (non-hydrogen) atoms. The van der Waals surface area contributed by atoms with E-state index in [4.69, 9.17) is 16.3 Å². The number of anilines is 1. The summed E-state index contributed by atoms with van der Waals surface area (Å²) < 4.78 is 6.43. The molecule has 1 fully saturated rings. The van der Waals surface area contributed by atoms with E-state index in [0.29, 0.717) is 34.6 Å². The van der Waals surface area contributed by atoms with Crippen molar-refractivity contribution in [1.82, 2.24) is 19.9 Å². The van der Waals surface area contributed by atoms with Gasteiger partial charge in [0.1, 0.15) is 24.5 Å². The van der Waals surface area contributed by atoms with Crippen molar-refractivity contribution < 1.29 is 9.53 Å². The molecular weight excluding hydrogens is 514 g/mol. The molecule has 0 saturated carbocycles. The largest absolute Gasteiger partial charge is 0.491 e. The number of fused-ring (bicyclic) bond motifs is 1. The summed E-state index contributed by atoms with van der Waals surface area (Å²) in [7, 11) is 0. The summed E-state index contributed by atoms with van der Waals surface area (Å²) in [5.41, 5.74) is 5.05.